The number of benzene rings is 1. The number of aliphatic hydroxyl groups excluding tert-OH is 1. The number of ether oxygens (including phenoxy) is 4. The number of aliphatic hydroxyl groups is 1. The largest absolute Gasteiger partial charge is 0.496 e. The normalized spacial score (nSPS) is 29.9. The molecule has 0 spiro atoms. The zero-order valence-corrected chi connectivity index (χ0v) is 27.4. The van der Waals surface area contributed by atoms with Crippen LogP contribution >= 0.6 is 0 Å². The Labute approximate surface area is 269 Å². The highest BCUT2D eigenvalue weighted by Gasteiger charge is 2.34. The molecule has 3 rings (SSSR count). The van der Waals surface area contributed by atoms with E-state index in [1.165, 1.54) is 27.4 Å². The molecule has 1 aliphatic carbocycles. The van der Waals surface area contributed by atoms with Crippen LogP contribution in [0.15, 0.2) is 77.1 Å². The molecular formula is C35H44N2O9. The minimum Gasteiger partial charge on any atom is -0.496 e. The average molecular weight is 637 g/mol. The molecule has 2 amide bonds. The predicted molar refractivity (Wildman–Crippen MR) is 172 cm³/mol. The molecule has 0 fully saturated rings. The smallest absolute Gasteiger partial charge is 0.405 e. The van der Waals surface area contributed by atoms with Crippen LogP contribution in [0.3, 0.4) is 0 Å². The Morgan fingerprint density at radius 1 is 1.04 bits per heavy atom. The maximum atomic E-state index is 14.0. The zero-order chi connectivity index (χ0) is 34.1. The lowest BCUT2D eigenvalue weighted by atomic mass is 9.81. The lowest BCUT2D eigenvalue weighted by Gasteiger charge is -2.30. The van der Waals surface area contributed by atoms with Crippen LogP contribution in [0.2, 0.25) is 0 Å². The van der Waals surface area contributed by atoms with E-state index in [0.29, 0.717) is 23.3 Å². The summed E-state index contributed by atoms with van der Waals surface area (Å²) >= 11 is 0. The van der Waals surface area contributed by atoms with E-state index in [1.54, 1.807) is 63.3 Å². The van der Waals surface area contributed by atoms with Gasteiger partial charge in [-0.2, -0.15) is 0 Å². The third-order valence-corrected chi connectivity index (χ3v) is 8.17. The van der Waals surface area contributed by atoms with E-state index in [0.717, 1.165) is 6.08 Å². The molecule has 0 saturated carbocycles. The standard InChI is InChI=1S/C35H44N2O9/c1-19-15-24-30(23-12-8-9-13-27(23)43-5)26(38)18-25(32(24)40)37-34(41)20(2)11-10-14-28(44-6)33(46-35(36)42)22(4)17-21(3)31(39)29(16-19)45-7/h8-14,17-19,21,28-29,31,33,39H,15-16H2,1-7H3,(H2,36,42)(H,37,41)/b14-10-,20-11+,22-17+/t19-,21+,28+,29+,31-,33+/m1/s1. The van der Waals surface area contributed by atoms with Crippen LogP contribution in [0.25, 0.3) is 5.57 Å². The van der Waals surface area contributed by atoms with Crippen molar-refractivity contribution in [3.05, 3.63) is 82.6 Å². The predicted octanol–water partition coefficient (Wildman–Crippen LogP) is 3.97. The summed E-state index contributed by atoms with van der Waals surface area (Å²) in [5, 5.41) is 14.0. The van der Waals surface area contributed by atoms with Gasteiger partial charge in [0.05, 0.1) is 25.0 Å². The SMILES string of the molecule is COc1ccccc1C1=C2C[C@@H](C)C[C@H](OC)[C@H](O)[C@@H](C)/C=C(\C)[C@H](OC(N)=O)[C@@H](OC)/C=C\C=C(/C)C(=O)NC(=CC1=O)C2=O. The van der Waals surface area contributed by atoms with Gasteiger partial charge in [-0.1, -0.05) is 56.4 Å². The van der Waals surface area contributed by atoms with Crippen LogP contribution in [0.5, 0.6) is 5.75 Å². The van der Waals surface area contributed by atoms with Crippen LogP contribution in [-0.4, -0.2) is 74.4 Å². The minimum absolute atomic E-state index is 0.146. The Balaban J connectivity index is 2.16. The Bertz CT molecular complexity index is 1490. The molecule has 4 N–H and O–H groups in total. The van der Waals surface area contributed by atoms with E-state index in [-0.39, 0.29) is 34.8 Å². The number of hydrogen-bond donors (Lipinski definition) is 3. The molecule has 0 radical (unpaired) electrons. The van der Waals surface area contributed by atoms with Crippen molar-refractivity contribution in [2.75, 3.05) is 21.3 Å². The fourth-order valence-corrected chi connectivity index (χ4v) is 5.73. The lowest BCUT2D eigenvalue weighted by molar-refractivity contribution is -0.119. The average Bonchev–Trinajstić information content (AvgIpc) is 3.02. The zero-order valence-electron chi connectivity index (χ0n) is 27.4. The Kier molecular flexibility index (Phi) is 12.8. The number of rotatable bonds is 5. The van der Waals surface area contributed by atoms with Crippen LogP contribution in [-0.2, 0) is 28.6 Å². The summed E-state index contributed by atoms with van der Waals surface area (Å²) in [7, 11) is 4.41. The van der Waals surface area contributed by atoms with E-state index < -0.39 is 53.9 Å². The number of hydrogen-bond acceptors (Lipinski definition) is 9. The fourth-order valence-electron chi connectivity index (χ4n) is 5.73. The second kappa shape index (κ2) is 16.3. The van der Waals surface area contributed by atoms with Gasteiger partial charge in [0, 0.05) is 48.5 Å². The number of nitrogens with one attached hydrogen (secondary N) is 1. The van der Waals surface area contributed by atoms with Gasteiger partial charge in [-0.05, 0) is 44.2 Å². The van der Waals surface area contributed by atoms with Crippen LogP contribution in [0.1, 0.15) is 46.1 Å². The Hall–Kier alpha value is -4.32. The molecule has 0 aromatic heterocycles. The first-order chi connectivity index (χ1) is 21.8. The van der Waals surface area contributed by atoms with Crippen LogP contribution in [0.4, 0.5) is 4.79 Å². The number of methoxy groups -OCH3 is 3. The summed E-state index contributed by atoms with van der Waals surface area (Å²) in [5.41, 5.74) is 6.92. The molecule has 11 heteroatoms. The van der Waals surface area contributed by atoms with Crippen molar-refractivity contribution in [2.45, 2.75) is 65.0 Å². The monoisotopic (exact) mass is 636 g/mol. The molecule has 1 heterocycles. The molecule has 0 saturated heterocycles. The van der Waals surface area contributed by atoms with Crippen molar-refractivity contribution in [3.8, 4) is 5.75 Å². The van der Waals surface area contributed by atoms with Gasteiger partial charge in [0.2, 0.25) is 5.78 Å². The third-order valence-electron chi connectivity index (χ3n) is 8.17. The molecule has 248 valence electrons. The van der Waals surface area contributed by atoms with Crippen molar-refractivity contribution in [1.82, 2.24) is 5.32 Å². The highest BCUT2D eigenvalue weighted by Crippen LogP contribution is 2.36. The molecule has 2 bridgehead atoms. The van der Waals surface area contributed by atoms with Gasteiger partial charge in [-0.25, -0.2) is 4.79 Å². The number of carbonyl (C=O) groups is 4. The molecule has 2 aliphatic rings. The van der Waals surface area contributed by atoms with Gasteiger partial charge < -0.3 is 35.1 Å². The van der Waals surface area contributed by atoms with Gasteiger partial charge in [0.1, 0.15) is 11.9 Å². The van der Waals surface area contributed by atoms with Crippen molar-refractivity contribution in [3.63, 3.8) is 0 Å². The molecule has 11 nitrogen and oxygen atoms in total. The second-order valence-corrected chi connectivity index (χ2v) is 11.6. The lowest BCUT2D eigenvalue weighted by Crippen LogP contribution is -2.37. The first-order valence-electron chi connectivity index (χ1n) is 15.0. The molecule has 1 aromatic carbocycles. The first kappa shape index (κ1) is 36.2. The van der Waals surface area contributed by atoms with Crippen molar-refractivity contribution < 1.29 is 43.2 Å². The molecule has 6 atom stereocenters. The van der Waals surface area contributed by atoms with E-state index >= 15 is 0 Å². The van der Waals surface area contributed by atoms with Gasteiger partial charge >= 0.3 is 6.09 Å². The van der Waals surface area contributed by atoms with Crippen LogP contribution in [0, 0.1) is 11.8 Å². The first-order valence-corrected chi connectivity index (χ1v) is 15.0. The quantitative estimate of drug-likeness (QED) is 0.321. The number of para-hydroxylation sites is 1. The maximum Gasteiger partial charge on any atom is 0.405 e. The van der Waals surface area contributed by atoms with Crippen molar-refractivity contribution in [1.29, 1.82) is 0 Å². The number of Topliss-reactive ketones (excluding diaryl/α,β-unsaturated/α-hetero) is 1. The van der Waals surface area contributed by atoms with Crippen LogP contribution < -0.4 is 15.8 Å². The molecule has 0 unspecified atom stereocenters. The van der Waals surface area contributed by atoms with Crippen molar-refractivity contribution >= 4 is 29.1 Å². The summed E-state index contributed by atoms with van der Waals surface area (Å²) < 4.78 is 22.2. The van der Waals surface area contributed by atoms with Gasteiger partial charge in [-0.15, -0.1) is 0 Å². The van der Waals surface area contributed by atoms with Crippen molar-refractivity contribution in [2.24, 2.45) is 17.6 Å². The summed E-state index contributed by atoms with van der Waals surface area (Å²) in [6.45, 7) is 6.99. The molecule has 46 heavy (non-hydrogen) atoms. The van der Waals surface area contributed by atoms with E-state index in [4.69, 9.17) is 24.7 Å². The summed E-state index contributed by atoms with van der Waals surface area (Å²) in [5.74, 6) is -1.81. The molecular weight excluding hydrogens is 592 g/mol. The van der Waals surface area contributed by atoms with E-state index in [1.807, 2.05) is 6.92 Å². The third kappa shape index (κ3) is 8.68. The number of primary amides is 1. The Morgan fingerprint density at radius 3 is 2.37 bits per heavy atom. The molecule has 1 aliphatic heterocycles. The van der Waals surface area contributed by atoms with Gasteiger partial charge in [-0.3, -0.25) is 14.4 Å². The number of amides is 2. The topological polar surface area (TPSA) is 163 Å². The highest BCUT2D eigenvalue weighted by atomic mass is 16.6. The van der Waals surface area contributed by atoms with Gasteiger partial charge in [0.25, 0.3) is 5.91 Å². The Morgan fingerprint density at radius 2 is 1.74 bits per heavy atom. The summed E-state index contributed by atoms with van der Waals surface area (Å²) in [6, 6.07) is 6.93. The number of allylic oxidation sites excluding steroid dienone is 5. The maximum absolute atomic E-state index is 14.0. The van der Waals surface area contributed by atoms with E-state index in [2.05, 4.69) is 5.32 Å². The number of carbonyl (C=O) groups excluding carboxylic acids is 4. The summed E-state index contributed by atoms with van der Waals surface area (Å²) in [4.78, 5) is 52.6. The number of ketones is 2. The minimum atomic E-state index is -1.00. The fraction of sp³-hybridized carbons (Fsp3) is 0.429. The molecule has 1 aromatic rings. The number of nitrogens with two attached hydrogens (primary N) is 1. The second-order valence-electron chi connectivity index (χ2n) is 11.6. The summed E-state index contributed by atoms with van der Waals surface area (Å²) in [6.07, 6.45) is 3.66. The highest BCUT2D eigenvalue weighted by molar-refractivity contribution is 6.38. The number of fused-ring (bicyclic) bond motifs is 2. The van der Waals surface area contributed by atoms with Gasteiger partial charge in [0.15, 0.2) is 11.9 Å². The van der Waals surface area contributed by atoms with E-state index in [9.17, 15) is 24.3 Å².